The number of nitrogens with zero attached hydrogens (tertiary/aromatic N) is 2. The second kappa shape index (κ2) is 9.20. The summed E-state index contributed by atoms with van der Waals surface area (Å²) in [5.41, 5.74) is 1.09. The van der Waals surface area contributed by atoms with Crippen molar-refractivity contribution in [2.45, 2.75) is 33.4 Å². The summed E-state index contributed by atoms with van der Waals surface area (Å²) in [7, 11) is 1.75. The Hall–Kier alpha value is -1.88. The first kappa shape index (κ1) is 18.2. The van der Waals surface area contributed by atoms with E-state index in [1.807, 2.05) is 49.1 Å². The van der Waals surface area contributed by atoms with Crippen molar-refractivity contribution in [2.24, 2.45) is 0 Å². The molecule has 0 N–H and O–H groups in total. The minimum Gasteiger partial charge on any atom is -0.465 e. The molecule has 0 bridgehead atoms. The summed E-state index contributed by atoms with van der Waals surface area (Å²) in [6.45, 7) is 7.00. The van der Waals surface area contributed by atoms with Gasteiger partial charge in [0.25, 0.3) is 0 Å². The van der Waals surface area contributed by atoms with E-state index in [0.29, 0.717) is 13.2 Å². The van der Waals surface area contributed by atoms with Gasteiger partial charge in [-0.2, -0.15) is 0 Å². The fourth-order valence-corrected chi connectivity index (χ4v) is 2.14. The number of likely N-dealkylation sites (N-methyl/N-ethyl adjacent to an activating group) is 1. The third kappa shape index (κ3) is 6.26. The molecule has 0 aliphatic heterocycles. The lowest BCUT2D eigenvalue weighted by atomic mass is 10.2. The Morgan fingerprint density at radius 2 is 1.77 bits per heavy atom. The maximum absolute atomic E-state index is 12.5. The number of ether oxygens (including phenoxy) is 1. The number of esters is 1. The molecule has 0 saturated heterocycles. The zero-order valence-corrected chi connectivity index (χ0v) is 13.9. The second-order valence-corrected chi connectivity index (χ2v) is 5.58. The standard InChI is InChI=1S/C17H26N2O3/c1-5-22-17(21)13-18(4)12-16(20)19(14(2)3)11-15-9-7-6-8-10-15/h6-10,14H,5,11-13H2,1-4H3. The Morgan fingerprint density at radius 1 is 1.14 bits per heavy atom. The van der Waals surface area contributed by atoms with Crippen molar-refractivity contribution in [1.29, 1.82) is 0 Å². The number of carbonyl (C=O) groups excluding carboxylic acids is 2. The maximum Gasteiger partial charge on any atom is 0.320 e. The van der Waals surface area contributed by atoms with Crippen molar-refractivity contribution >= 4 is 11.9 Å². The van der Waals surface area contributed by atoms with E-state index < -0.39 is 0 Å². The lowest BCUT2D eigenvalue weighted by Gasteiger charge is -2.28. The molecular weight excluding hydrogens is 280 g/mol. The SMILES string of the molecule is CCOC(=O)CN(C)CC(=O)N(Cc1ccccc1)C(C)C. The van der Waals surface area contributed by atoms with Gasteiger partial charge in [-0.25, -0.2) is 0 Å². The van der Waals surface area contributed by atoms with Crippen LogP contribution in [0.2, 0.25) is 0 Å². The second-order valence-electron chi connectivity index (χ2n) is 5.58. The highest BCUT2D eigenvalue weighted by molar-refractivity contribution is 5.79. The van der Waals surface area contributed by atoms with Crippen LogP contribution in [0.25, 0.3) is 0 Å². The number of amides is 1. The molecule has 1 rings (SSSR count). The Kier molecular flexibility index (Phi) is 7.60. The molecule has 1 aromatic carbocycles. The minimum absolute atomic E-state index is 0.00523. The summed E-state index contributed by atoms with van der Waals surface area (Å²) in [4.78, 5) is 27.4. The first-order valence-corrected chi connectivity index (χ1v) is 7.61. The molecule has 22 heavy (non-hydrogen) atoms. The first-order valence-electron chi connectivity index (χ1n) is 7.61. The van der Waals surface area contributed by atoms with Gasteiger partial charge in [-0.05, 0) is 33.4 Å². The van der Waals surface area contributed by atoms with Crippen LogP contribution in [0.5, 0.6) is 0 Å². The quantitative estimate of drug-likeness (QED) is 0.689. The van der Waals surface area contributed by atoms with Gasteiger partial charge in [-0.3, -0.25) is 14.5 Å². The van der Waals surface area contributed by atoms with Gasteiger partial charge in [0.1, 0.15) is 0 Å². The summed E-state index contributed by atoms with van der Waals surface area (Å²) in [6, 6.07) is 9.99. The molecule has 0 radical (unpaired) electrons. The lowest BCUT2D eigenvalue weighted by Crippen LogP contribution is -2.43. The van der Waals surface area contributed by atoms with Crippen LogP contribution in [-0.4, -0.2) is 54.5 Å². The van der Waals surface area contributed by atoms with Crippen molar-refractivity contribution in [2.75, 3.05) is 26.7 Å². The summed E-state index contributed by atoms with van der Waals surface area (Å²) in [6.07, 6.45) is 0. The molecule has 0 aromatic heterocycles. The fraction of sp³-hybridized carbons (Fsp3) is 0.529. The predicted octanol–water partition coefficient (Wildman–Crippen LogP) is 1.92. The van der Waals surface area contributed by atoms with Crippen LogP contribution >= 0.6 is 0 Å². The van der Waals surface area contributed by atoms with E-state index in [9.17, 15) is 9.59 Å². The van der Waals surface area contributed by atoms with Crippen LogP contribution in [0.15, 0.2) is 30.3 Å². The molecule has 0 unspecified atom stereocenters. The average Bonchev–Trinajstić information content (AvgIpc) is 2.45. The third-order valence-corrected chi connectivity index (χ3v) is 3.25. The van der Waals surface area contributed by atoms with Crippen LogP contribution in [0.4, 0.5) is 0 Å². The summed E-state index contributed by atoms with van der Waals surface area (Å²) in [5.74, 6) is -0.303. The van der Waals surface area contributed by atoms with Crippen molar-refractivity contribution in [1.82, 2.24) is 9.80 Å². The molecule has 1 amide bonds. The van der Waals surface area contributed by atoms with E-state index in [-0.39, 0.29) is 31.0 Å². The molecule has 5 nitrogen and oxygen atoms in total. The van der Waals surface area contributed by atoms with Crippen LogP contribution in [0, 0.1) is 0 Å². The zero-order chi connectivity index (χ0) is 16.5. The highest BCUT2D eigenvalue weighted by Gasteiger charge is 2.20. The monoisotopic (exact) mass is 306 g/mol. The summed E-state index contributed by atoms with van der Waals surface area (Å²) >= 11 is 0. The van der Waals surface area contributed by atoms with E-state index >= 15 is 0 Å². The van der Waals surface area contributed by atoms with Crippen molar-refractivity contribution in [3.63, 3.8) is 0 Å². The Morgan fingerprint density at radius 3 is 2.32 bits per heavy atom. The lowest BCUT2D eigenvalue weighted by molar-refractivity contribution is -0.144. The molecule has 0 atom stereocenters. The van der Waals surface area contributed by atoms with E-state index in [2.05, 4.69) is 0 Å². The molecule has 1 aromatic rings. The van der Waals surface area contributed by atoms with Crippen LogP contribution in [-0.2, 0) is 20.9 Å². The molecule has 5 heteroatoms. The molecule has 122 valence electrons. The largest absolute Gasteiger partial charge is 0.465 e. The summed E-state index contributed by atoms with van der Waals surface area (Å²) < 4.78 is 4.89. The van der Waals surface area contributed by atoms with Gasteiger partial charge in [0.15, 0.2) is 0 Å². The van der Waals surface area contributed by atoms with Crippen LogP contribution in [0.1, 0.15) is 26.3 Å². The Balaban J connectivity index is 2.60. The average molecular weight is 306 g/mol. The van der Waals surface area contributed by atoms with Gasteiger partial charge >= 0.3 is 5.97 Å². The van der Waals surface area contributed by atoms with Crippen molar-refractivity contribution in [3.05, 3.63) is 35.9 Å². The zero-order valence-electron chi connectivity index (χ0n) is 13.9. The van der Waals surface area contributed by atoms with Crippen LogP contribution < -0.4 is 0 Å². The van der Waals surface area contributed by atoms with Gasteiger partial charge in [-0.15, -0.1) is 0 Å². The normalized spacial score (nSPS) is 10.8. The molecule has 0 fully saturated rings. The van der Waals surface area contributed by atoms with Crippen molar-refractivity contribution < 1.29 is 14.3 Å². The highest BCUT2D eigenvalue weighted by atomic mass is 16.5. The van der Waals surface area contributed by atoms with E-state index in [4.69, 9.17) is 4.74 Å². The number of hydrogen-bond acceptors (Lipinski definition) is 4. The van der Waals surface area contributed by atoms with Gasteiger partial charge < -0.3 is 9.64 Å². The number of hydrogen-bond donors (Lipinski definition) is 0. The number of carbonyl (C=O) groups is 2. The van der Waals surface area contributed by atoms with Gasteiger partial charge in [0.2, 0.25) is 5.91 Å². The molecule has 0 aliphatic rings. The third-order valence-electron chi connectivity index (χ3n) is 3.25. The van der Waals surface area contributed by atoms with Gasteiger partial charge in [0.05, 0.1) is 19.7 Å². The first-order chi connectivity index (χ1) is 10.4. The van der Waals surface area contributed by atoms with E-state index in [0.717, 1.165) is 5.56 Å². The fourth-order valence-electron chi connectivity index (χ4n) is 2.14. The minimum atomic E-state index is -0.308. The maximum atomic E-state index is 12.5. The molecule has 0 saturated carbocycles. The predicted molar refractivity (Wildman–Crippen MR) is 86.3 cm³/mol. The number of benzene rings is 1. The van der Waals surface area contributed by atoms with E-state index in [1.165, 1.54) is 0 Å². The Bertz CT molecular complexity index is 474. The molecule has 0 heterocycles. The van der Waals surface area contributed by atoms with Gasteiger partial charge in [-0.1, -0.05) is 30.3 Å². The topological polar surface area (TPSA) is 49.9 Å². The smallest absolute Gasteiger partial charge is 0.320 e. The highest BCUT2D eigenvalue weighted by Crippen LogP contribution is 2.09. The molecule has 0 spiro atoms. The number of rotatable bonds is 8. The molecule has 0 aliphatic carbocycles. The Labute approximate surface area is 132 Å². The summed E-state index contributed by atoms with van der Waals surface area (Å²) in [5, 5.41) is 0. The van der Waals surface area contributed by atoms with E-state index in [1.54, 1.807) is 18.9 Å². The van der Waals surface area contributed by atoms with Gasteiger partial charge in [0, 0.05) is 12.6 Å². The molecular formula is C17H26N2O3. The van der Waals surface area contributed by atoms with Crippen molar-refractivity contribution in [3.8, 4) is 0 Å². The van der Waals surface area contributed by atoms with Crippen LogP contribution in [0.3, 0.4) is 0 Å².